The van der Waals surface area contributed by atoms with Gasteiger partial charge < -0.3 is 14.2 Å². The Hall–Kier alpha value is -3.13. The smallest absolute Gasteiger partial charge is 0.260 e. The molecule has 0 radical (unpaired) electrons. The number of aromatic nitrogens is 1. The van der Waals surface area contributed by atoms with Crippen molar-refractivity contribution in [3.05, 3.63) is 64.6 Å². The fourth-order valence-electron chi connectivity index (χ4n) is 3.07. The van der Waals surface area contributed by atoms with Crippen molar-refractivity contribution >= 4 is 34.0 Å². The number of hydrogen-bond donors (Lipinski definition) is 1. The number of amides is 2. The van der Waals surface area contributed by atoms with Crippen LogP contribution in [-0.4, -0.2) is 42.3 Å². The van der Waals surface area contributed by atoms with E-state index in [9.17, 15) is 9.59 Å². The van der Waals surface area contributed by atoms with Gasteiger partial charge in [0.2, 0.25) is 0 Å². The number of carbonyl (C=O) groups is 2. The van der Waals surface area contributed by atoms with Crippen LogP contribution in [-0.2, 0) is 13.0 Å². The van der Waals surface area contributed by atoms with Gasteiger partial charge in [-0.2, -0.15) is 0 Å². The topological polar surface area (TPSA) is 78.7 Å². The van der Waals surface area contributed by atoms with E-state index in [1.165, 1.54) is 23.9 Å². The Balaban J connectivity index is 1.45. The number of benzene rings is 1. The van der Waals surface area contributed by atoms with E-state index in [2.05, 4.69) is 10.3 Å². The summed E-state index contributed by atoms with van der Waals surface area (Å²) in [7, 11) is 3.94. The molecule has 8 heteroatoms. The van der Waals surface area contributed by atoms with Crippen LogP contribution in [0.25, 0.3) is 0 Å². The molecule has 7 nitrogen and oxygen atoms in total. The summed E-state index contributed by atoms with van der Waals surface area (Å²) in [5.41, 5.74) is 3.12. The van der Waals surface area contributed by atoms with Crippen LogP contribution in [0, 0.1) is 0 Å². The maximum atomic E-state index is 12.8. The molecule has 0 aliphatic carbocycles. The highest BCUT2D eigenvalue weighted by molar-refractivity contribution is 7.15. The Morgan fingerprint density at radius 1 is 1.18 bits per heavy atom. The summed E-state index contributed by atoms with van der Waals surface area (Å²) in [5.74, 6) is -0.248. The first-order valence-corrected chi connectivity index (χ1v) is 9.71. The van der Waals surface area contributed by atoms with Crippen LogP contribution in [0.3, 0.4) is 0 Å². The van der Waals surface area contributed by atoms with Crippen molar-refractivity contribution in [1.82, 2.24) is 9.88 Å². The van der Waals surface area contributed by atoms with Gasteiger partial charge in [-0.15, -0.1) is 0 Å². The van der Waals surface area contributed by atoms with Crippen LogP contribution in [0.15, 0.2) is 47.3 Å². The second kappa shape index (κ2) is 7.47. The van der Waals surface area contributed by atoms with E-state index in [4.69, 9.17) is 4.42 Å². The highest BCUT2D eigenvalue weighted by atomic mass is 32.1. The number of nitrogens with one attached hydrogen (secondary N) is 1. The second-order valence-corrected chi connectivity index (χ2v) is 7.86. The summed E-state index contributed by atoms with van der Waals surface area (Å²) in [4.78, 5) is 34.3. The van der Waals surface area contributed by atoms with Gasteiger partial charge in [-0.25, -0.2) is 4.98 Å². The zero-order chi connectivity index (χ0) is 19.7. The second-order valence-electron chi connectivity index (χ2n) is 6.77. The zero-order valence-electron chi connectivity index (χ0n) is 15.6. The quantitative estimate of drug-likeness (QED) is 0.732. The van der Waals surface area contributed by atoms with Gasteiger partial charge in [-0.3, -0.25) is 14.9 Å². The number of carbonyl (C=O) groups excluding carboxylic acids is 2. The van der Waals surface area contributed by atoms with Crippen LogP contribution >= 0.6 is 11.3 Å². The largest absolute Gasteiger partial charge is 0.472 e. The Labute approximate surface area is 166 Å². The predicted octanol–water partition coefficient (Wildman–Crippen LogP) is 3.25. The standard InChI is InChI=1S/C20H20N4O3S/c1-23(2)15-5-3-13(4-6-15)19(26)24-9-7-16-17(11-24)28-20(21-16)22-18(25)14-8-10-27-12-14/h3-6,8,10,12H,7,9,11H2,1-2H3,(H,21,22,25). The van der Waals surface area contributed by atoms with E-state index in [0.717, 1.165) is 16.3 Å². The van der Waals surface area contributed by atoms with E-state index >= 15 is 0 Å². The van der Waals surface area contributed by atoms with Gasteiger partial charge in [0.25, 0.3) is 11.8 Å². The lowest BCUT2D eigenvalue weighted by Crippen LogP contribution is -2.35. The van der Waals surface area contributed by atoms with Crippen LogP contribution in [0.1, 0.15) is 31.3 Å². The lowest BCUT2D eigenvalue weighted by atomic mass is 10.1. The predicted molar refractivity (Wildman–Crippen MR) is 108 cm³/mol. The van der Waals surface area contributed by atoms with Crippen molar-refractivity contribution in [2.75, 3.05) is 30.9 Å². The number of anilines is 2. The molecule has 0 saturated carbocycles. The summed E-state index contributed by atoms with van der Waals surface area (Å²) in [6.07, 6.45) is 3.52. The maximum absolute atomic E-state index is 12.8. The minimum atomic E-state index is -0.256. The molecule has 144 valence electrons. The molecule has 0 unspecified atom stereocenters. The average Bonchev–Trinajstić information content (AvgIpc) is 3.36. The summed E-state index contributed by atoms with van der Waals surface area (Å²) in [5, 5.41) is 3.34. The molecule has 0 fully saturated rings. The minimum absolute atomic E-state index is 0.00772. The molecule has 0 spiro atoms. The highest BCUT2D eigenvalue weighted by Crippen LogP contribution is 2.29. The average molecular weight is 396 g/mol. The molecule has 4 rings (SSSR count). The van der Waals surface area contributed by atoms with Gasteiger partial charge in [0.05, 0.1) is 24.1 Å². The minimum Gasteiger partial charge on any atom is -0.472 e. The third-order valence-electron chi connectivity index (χ3n) is 4.65. The van der Waals surface area contributed by atoms with E-state index in [0.29, 0.717) is 35.8 Å². The number of rotatable bonds is 4. The summed E-state index contributed by atoms with van der Waals surface area (Å²) in [6.45, 7) is 1.11. The molecule has 3 aromatic rings. The van der Waals surface area contributed by atoms with Gasteiger partial charge in [-0.05, 0) is 30.3 Å². The van der Waals surface area contributed by atoms with Crippen LogP contribution < -0.4 is 10.2 Å². The van der Waals surface area contributed by atoms with Crippen LogP contribution in [0.4, 0.5) is 10.8 Å². The van der Waals surface area contributed by atoms with Crippen LogP contribution in [0.2, 0.25) is 0 Å². The highest BCUT2D eigenvalue weighted by Gasteiger charge is 2.25. The van der Waals surface area contributed by atoms with Crippen molar-refractivity contribution in [3.63, 3.8) is 0 Å². The molecular formula is C20H20N4O3S. The lowest BCUT2D eigenvalue weighted by molar-refractivity contribution is 0.0736. The van der Waals surface area contributed by atoms with Gasteiger partial charge in [-0.1, -0.05) is 11.3 Å². The first-order valence-electron chi connectivity index (χ1n) is 8.90. The van der Waals surface area contributed by atoms with E-state index < -0.39 is 0 Å². The van der Waals surface area contributed by atoms with Crippen molar-refractivity contribution < 1.29 is 14.0 Å². The van der Waals surface area contributed by atoms with E-state index in [1.807, 2.05) is 48.2 Å². The lowest BCUT2D eigenvalue weighted by Gasteiger charge is -2.26. The monoisotopic (exact) mass is 396 g/mol. The van der Waals surface area contributed by atoms with Gasteiger partial charge in [0, 0.05) is 43.2 Å². The third kappa shape index (κ3) is 3.63. The summed E-state index contributed by atoms with van der Waals surface area (Å²) < 4.78 is 4.93. The van der Waals surface area contributed by atoms with Gasteiger partial charge >= 0.3 is 0 Å². The van der Waals surface area contributed by atoms with Gasteiger partial charge in [0.15, 0.2) is 5.13 Å². The molecular weight excluding hydrogens is 376 g/mol. The molecule has 0 saturated heterocycles. The molecule has 1 N–H and O–H groups in total. The Morgan fingerprint density at radius 2 is 1.96 bits per heavy atom. The first kappa shape index (κ1) is 18.2. The summed E-state index contributed by atoms with van der Waals surface area (Å²) >= 11 is 1.41. The molecule has 2 aromatic heterocycles. The van der Waals surface area contributed by atoms with Crippen molar-refractivity contribution in [2.45, 2.75) is 13.0 Å². The molecule has 1 aliphatic rings. The number of furan rings is 1. The van der Waals surface area contributed by atoms with Crippen molar-refractivity contribution in [3.8, 4) is 0 Å². The Bertz CT molecular complexity index is 993. The molecule has 1 aromatic carbocycles. The van der Waals surface area contributed by atoms with E-state index in [1.54, 1.807) is 6.07 Å². The molecule has 3 heterocycles. The van der Waals surface area contributed by atoms with Crippen molar-refractivity contribution in [1.29, 1.82) is 0 Å². The van der Waals surface area contributed by atoms with Crippen LogP contribution in [0.5, 0.6) is 0 Å². The molecule has 2 amide bonds. The molecule has 1 aliphatic heterocycles. The first-order chi connectivity index (χ1) is 13.5. The number of nitrogens with zero attached hydrogens (tertiary/aromatic N) is 3. The van der Waals surface area contributed by atoms with Crippen molar-refractivity contribution in [2.24, 2.45) is 0 Å². The number of thiazole rings is 1. The molecule has 28 heavy (non-hydrogen) atoms. The number of fused-ring (bicyclic) bond motifs is 1. The van der Waals surface area contributed by atoms with Gasteiger partial charge in [0.1, 0.15) is 6.26 Å². The Kier molecular flexibility index (Phi) is 4.87. The van der Waals surface area contributed by atoms with E-state index in [-0.39, 0.29) is 11.8 Å². The maximum Gasteiger partial charge on any atom is 0.260 e. The normalized spacial score (nSPS) is 13.1. The fourth-order valence-corrected chi connectivity index (χ4v) is 4.09. The Morgan fingerprint density at radius 3 is 2.64 bits per heavy atom. The summed E-state index contributed by atoms with van der Waals surface area (Å²) in [6, 6.07) is 9.20. The molecule has 0 bridgehead atoms. The SMILES string of the molecule is CN(C)c1ccc(C(=O)N2CCc3nc(NC(=O)c4ccoc4)sc3C2)cc1. The molecule has 0 atom stereocenters. The fraction of sp³-hybridized carbons (Fsp3) is 0.250. The third-order valence-corrected chi connectivity index (χ3v) is 5.65. The zero-order valence-corrected chi connectivity index (χ0v) is 16.5. The number of hydrogen-bond acceptors (Lipinski definition) is 6.